The summed E-state index contributed by atoms with van der Waals surface area (Å²) in [5, 5.41) is 0.831. The highest BCUT2D eigenvalue weighted by Gasteiger charge is 2.27. The smallest absolute Gasteiger partial charge is 0.126 e. The van der Waals surface area contributed by atoms with Gasteiger partial charge < -0.3 is 4.74 Å². The van der Waals surface area contributed by atoms with Crippen molar-refractivity contribution in [3.8, 4) is 0 Å². The molecule has 0 N–H and O–H groups in total. The Morgan fingerprint density at radius 2 is 2.21 bits per heavy atom. The summed E-state index contributed by atoms with van der Waals surface area (Å²) in [6.07, 6.45) is 1.14. The second kappa shape index (κ2) is 4.41. The van der Waals surface area contributed by atoms with Crippen molar-refractivity contribution in [2.45, 2.75) is 18.4 Å². The van der Waals surface area contributed by atoms with E-state index in [1.165, 1.54) is 6.07 Å². The van der Waals surface area contributed by atoms with Gasteiger partial charge in [-0.2, -0.15) is 0 Å². The molecule has 76 valence electrons. The largest absolute Gasteiger partial charge is 0.377 e. The fourth-order valence-corrected chi connectivity index (χ4v) is 2.29. The molecule has 0 radical (unpaired) electrons. The van der Waals surface area contributed by atoms with Crippen LogP contribution < -0.4 is 0 Å². The zero-order chi connectivity index (χ0) is 9.97. The van der Waals surface area contributed by atoms with Gasteiger partial charge in [-0.05, 0) is 18.1 Å². The molecule has 1 saturated heterocycles. The standard InChI is InChI=1S/C11H12BrFO/c12-6-9-5-8(7-14-9)10-3-1-2-4-11(10)13/h1-4,8-9H,5-7H2. The van der Waals surface area contributed by atoms with Gasteiger partial charge in [0.25, 0.3) is 0 Å². The van der Waals surface area contributed by atoms with Crippen LogP contribution in [0.2, 0.25) is 0 Å². The molecule has 14 heavy (non-hydrogen) atoms. The molecule has 2 rings (SSSR count). The average molecular weight is 259 g/mol. The van der Waals surface area contributed by atoms with Gasteiger partial charge in [-0.3, -0.25) is 0 Å². The van der Waals surface area contributed by atoms with Crippen molar-refractivity contribution in [2.24, 2.45) is 0 Å². The van der Waals surface area contributed by atoms with Crippen LogP contribution in [0.5, 0.6) is 0 Å². The maximum absolute atomic E-state index is 13.4. The maximum Gasteiger partial charge on any atom is 0.126 e. The predicted octanol–water partition coefficient (Wildman–Crippen LogP) is 3.09. The lowest BCUT2D eigenvalue weighted by atomic mass is 9.96. The number of halogens is 2. The van der Waals surface area contributed by atoms with Gasteiger partial charge in [0.15, 0.2) is 0 Å². The van der Waals surface area contributed by atoms with Crippen LogP contribution in [0.4, 0.5) is 4.39 Å². The third kappa shape index (κ3) is 1.98. The van der Waals surface area contributed by atoms with Crippen LogP contribution in [-0.4, -0.2) is 18.0 Å². The zero-order valence-corrected chi connectivity index (χ0v) is 9.34. The van der Waals surface area contributed by atoms with Crippen molar-refractivity contribution in [1.82, 2.24) is 0 Å². The molecule has 1 heterocycles. The van der Waals surface area contributed by atoms with Gasteiger partial charge in [-0.25, -0.2) is 4.39 Å². The summed E-state index contributed by atoms with van der Waals surface area (Å²) in [5.41, 5.74) is 0.788. The molecule has 0 spiro atoms. The summed E-state index contributed by atoms with van der Waals surface area (Å²) in [7, 11) is 0. The predicted molar refractivity (Wildman–Crippen MR) is 57.3 cm³/mol. The van der Waals surface area contributed by atoms with E-state index >= 15 is 0 Å². The summed E-state index contributed by atoms with van der Waals surface area (Å²) < 4.78 is 18.9. The second-order valence-electron chi connectivity index (χ2n) is 3.56. The minimum Gasteiger partial charge on any atom is -0.377 e. The second-order valence-corrected chi connectivity index (χ2v) is 4.21. The highest BCUT2D eigenvalue weighted by Crippen LogP contribution is 2.31. The Morgan fingerprint density at radius 3 is 2.86 bits per heavy atom. The van der Waals surface area contributed by atoms with E-state index in [1.807, 2.05) is 12.1 Å². The summed E-state index contributed by atoms with van der Waals surface area (Å²) in [6, 6.07) is 6.95. The molecule has 0 aliphatic carbocycles. The fourth-order valence-electron chi connectivity index (χ4n) is 1.84. The van der Waals surface area contributed by atoms with Gasteiger partial charge in [0.2, 0.25) is 0 Å². The number of rotatable bonds is 2. The number of ether oxygens (including phenoxy) is 1. The van der Waals surface area contributed by atoms with E-state index in [1.54, 1.807) is 6.07 Å². The van der Waals surface area contributed by atoms with Crippen molar-refractivity contribution >= 4 is 15.9 Å². The van der Waals surface area contributed by atoms with Crippen LogP contribution in [-0.2, 0) is 4.74 Å². The molecular weight excluding hydrogens is 247 g/mol. The fraction of sp³-hybridized carbons (Fsp3) is 0.455. The summed E-state index contributed by atoms with van der Waals surface area (Å²) in [5.74, 6) is 0.107. The van der Waals surface area contributed by atoms with Crippen molar-refractivity contribution in [2.75, 3.05) is 11.9 Å². The summed E-state index contributed by atoms with van der Waals surface area (Å²) in [6.45, 7) is 0.636. The van der Waals surface area contributed by atoms with E-state index in [0.29, 0.717) is 6.61 Å². The van der Waals surface area contributed by atoms with Gasteiger partial charge in [0.05, 0.1) is 12.7 Å². The van der Waals surface area contributed by atoms with Crippen molar-refractivity contribution in [1.29, 1.82) is 0 Å². The summed E-state index contributed by atoms with van der Waals surface area (Å²) in [4.78, 5) is 0. The molecule has 2 unspecified atom stereocenters. The van der Waals surface area contributed by atoms with Gasteiger partial charge in [0, 0.05) is 11.2 Å². The highest BCUT2D eigenvalue weighted by molar-refractivity contribution is 9.09. The molecule has 1 fully saturated rings. The van der Waals surface area contributed by atoms with E-state index in [-0.39, 0.29) is 17.8 Å². The Bertz CT molecular complexity index is 316. The quantitative estimate of drug-likeness (QED) is 0.741. The zero-order valence-electron chi connectivity index (χ0n) is 7.75. The number of alkyl halides is 1. The molecular formula is C11H12BrFO. The molecule has 2 atom stereocenters. The van der Waals surface area contributed by atoms with E-state index in [0.717, 1.165) is 17.3 Å². The average Bonchev–Trinajstić information content (AvgIpc) is 2.67. The molecule has 1 aromatic carbocycles. The van der Waals surface area contributed by atoms with Crippen LogP contribution >= 0.6 is 15.9 Å². The Kier molecular flexibility index (Phi) is 3.19. The SMILES string of the molecule is Fc1ccccc1C1COC(CBr)C1. The summed E-state index contributed by atoms with van der Waals surface area (Å²) >= 11 is 3.38. The lowest BCUT2D eigenvalue weighted by Crippen LogP contribution is -2.05. The van der Waals surface area contributed by atoms with E-state index < -0.39 is 0 Å². The van der Waals surface area contributed by atoms with Gasteiger partial charge >= 0.3 is 0 Å². The highest BCUT2D eigenvalue weighted by atomic mass is 79.9. The number of hydrogen-bond acceptors (Lipinski definition) is 1. The molecule has 0 aromatic heterocycles. The van der Waals surface area contributed by atoms with Crippen molar-refractivity contribution in [3.05, 3.63) is 35.6 Å². The molecule has 1 aliphatic rings. The topological polar surface area (TPSA) is 9.23 Å². The van der Waals surface area contributed by atoms with Crippen molar-refractivity contribution in [3.63, 3.8) is 0 Å². The monoisotopic (exact) mass is 258 g/mol. The maximum atomic E-state index is 13.4. The minimum absolute atomic E-state index is 0.115. The van der Waals surface area contributed by atoms with Crippen LogP contribution in [0.15, 0.2) is 24.3 Å². The Morgan fingerprint density at radius 1 is 1.43 bits per heavy atom. The third-order valence-corrected chi connectivity index (χ3v) is 3.32. The third-order valence-electron chi connectivity index (χ3n) is 2.60. The molecule has 0 saturated carbocycles. The minimum atomic E-state index is -0.115. The van der Waals surface area contributed by atoms with E-state index in [4.69, 9.17) is 4.74 Å². The van der Waals surface area contributed by atoms with Crippen LogP contribution in [0.1, 0.15) is 17.9 Å². The Hall–Kier alpha value is -0.410. The Balaban J connectivity index is 2.13. The number of hydrogen-bond donors (Lipinski definition) is 0. The molecule has 1 aliphatic heterocycles. The van der Waals surface area contributed by atoms with Crippen LogP contribution in [0, 0.1) is 5.82 Å². The first kappa shape index (κ1) is 10.1. The first-order valence-electron chi connectivity index (χ1n) is 4.73. The van der Waals surface area contributed by atoms with Crippen LogP contribution in [0.25, 0.3) is 0 Å². The molecule has 3 heteroatoms. The first-order chi connectivity index (χ1) is 6.81. The van der Waals surface area contributed by atoms with Gasteiger partial charge in [-0.1, -0.05) is 34.1 Å². The van der Waals surface area contributed by atoms with Crippen LogP contribution in [0.3, 0.4) is 0 Å². The molecule has 1 nitrogen and oxygen atoms in total. The van der Waals surface area contributed by atoms with E-state index in [2.05, 4.69) is 15.9 Å². The Labute approximate surface area is 91.4 Å². The van der Waals surface area contributed by atoms with E-state index in [9.17, 15) is 4.39 Å². The lowest BCUT2D eigenvalue weighted by molar-refractivity contribution is 0.127. The molecule has 0 amide bonds. The van der Waals surface area contributed by atoms with Gasteiger partial charge in [0.1, 0.15) is 5.82 Å². The van der Waals surface area contributed by atoms with Gasteiger partial charge in [-0.15, -0.1) is 0 Å². The lowest BCUT2D eigenvalue weighted by Gasteiger charge is -2.08. The van der Waals surface area contributed by atoms with Crippen molar-refractivity contribution < 1.29 is 9.13 Å². The first-order valence-corrected chi connectivity index (χ1v) is 5.85. The number of benzene rings is 1. The molecule has 1 aromatic rings. The normalized spacial score (nSPS) is 26.7. The molecule has 0 bridgehead atoms.